The largest absolute Gasteiger partial charge is 0.380 e. The van der Waals surface area contributed by atoms with Crippen molar-refractivity contribution >= 4 is 11.6 Å². The minimum absolute atomic E-state index is 0.0740. The van der Waals surface area contributed by atoms with Gasteiger partial charge in [-0.25, -0.2) is 0 Å². The second-order valence-corrected chi connectivity index (χ2v) is 5.61. The Bertz CT molecular complexity index is 724. The van der Waals surface area contributed by atoms with E-state index < -0.39 is 0 Å². The number of benzene rings is 1. The van der Waals surface area contributed by atoms with Crippen molar-refractivity contribution in [1.29, 1.82) is 0 Å². The van der Waals surface area contributed by atoms with Crippen molar-refractivity contribution in [2.24, 2.45) is 7.05 Å². The van der Waals surface area contributed by atoms with Gasteiger partial charge in [-0.2, -0.15) is 0 Å². The molecule has 22 heavy (non-hydrogen) atoms. The molecule has 0 spiro atoms. The first-order valence-corrected chi connectivity index (χ1v) is 7.41. The monoisotopic (exact) mass is 297 g/mol. The molecule has 1 saturated heterocycles. The van der Waals surface area contributed by atoms with Crippen LogP contribution < -0.4 is 10.9 Å². The van der Waals surface area contributed by atoms with Crippen LogP contribution in [-0.4, -0.2) is 34.5 Å². The van der Waals surface area contributed by atoms with Crippen LogP contribution in [0.25, 0.3) is 0 Å². The predicted molar refractivity (Wildman–Crippen MR) is 86.1 cm³/mol. The van der Waals surface area contributed by atoms with Gasteiger partial charge in [0.25, 0.3) is 11.5 Å². The molecule has 2 aromatic rings. The van der Waals surface area contributed by atoms with E-state index in [2.05, 4.69) is 5.32 Å². The van der Waals surface area contributed by atoms with Gasteiger partial charge in [0.05, 0.1) is 0 Å². The summed E-state index contributed by atoms with van der Waals surface area (Å²) in [5, 5.41) is 3.44. The number of nitrogens with zero attached hydrogens (tertiary/aromatic N) is 2. The standard InChI is InChI=1S/C17H19N3O2/c1-19-9-7-13(11-16(19)21)17(22)20-10-8-15(12-20)18-14-5-3-2-4-6-14/h2-7,9,11,15,18H,8,10,12H2,1H3/t15-/m0/s1. The van der Waals surface area contributed by atoms with Crippen LogP contribution in [0, 0.1) is 0 Å². The van der Waals surface area contributed by atoms with Gasteiger partial charge in [-0.3, -0.25) is 9.59 Å². The van der Waals surface area contributed by atoms with Gasteiger partial charge in [0.1, 0.15) is 0 Å². The summed E-state index contributed by atoms with van der Waals surface area (Å²) in [5.74, 6) is -0.0740. The van der Waals surface area contributed by atoms with Gasteiger partial charge in [0.15, 0.2) is 0 Å². The lowest BCUT2D eigenvalue weighted by Crippen LogP contribution is -2.32. The Kier molecular flexibility index (Phi) is 3.96. The molecule has 0 aliphatic carbocycles. The molecule has 1 amide bonds. The van der Waals surface area contributed by atoms with Crippen LogP contribution in [0.4, 0.5) is 5.69 Å². The molecule has 1 aliphatic rings. The normalized spacial score (nSPS) is 17.5. The molecule has 3 rings (SSSR count). The van der Waals surface area contributed by atoms with Crippen molar-refractivity contribution in [2.45, 2.75) is 12.5 Å². The molecule has 1 atom stereocenters. The van der Waals surface area contributed by atoms with E-state index in [0.717, 1.165) is 12.1 Å². The maximum absolute atomic E-state index is 12.5. The number of pyridine rings is 1. The molecule has 1 aliphatic heterocycles. The van der Waals surface area contributed by atoms with E-state index in [1.165, 1.54) is 10.6 Å². The Hall–Kier alpha value is -2.56. The average molecular weight is 297 g/mol. The molecule has 0 radical (unpaired) electrons. The maximum Gasteiger partial charge on any atom is 0.254 e. The number of hydrogen-bond donors (Lipinski definition) is 1. The smallest absolute Gasteiger partial charge is 0.254 e. The lowest BCUT2D eigenvalue weighted by molar-refractivity contribution is 0.0791. The second kappa shape index (κ2) is 6.05. The van der Waals surface area contributed by atoms with Crippen molar-refractivity contribution in [3.05, 3.63) is 64.6 Å². The van der Waals surface area contributed by atoms with Crippen LogP contribution in [0.15, 0.2) is 53.5 Å². The van der Waals surface area contributed by atoms with Gasteiger partial charge < -0.3 is 14.8 Å². The van der Waals surface area contributed by atoms with E-state index >= 15 is 0 Å². The number of aryl methyl sites for hydroxylation is 1. The molecule has 1 fully saturated rings. The van der Waals surface area contributed by atoms with E-state index in [0.29, 0.717) is 18.7 Å². The maximum atomic E-state index is 12.5. The summed E-state index contributed by atoms with van der Waals surface area (Å²) in [6.45, 7) is 1.36. The SMILES string of the molecule is Cn1ccc(C(=O)N2CC[C@H](Nc3ccccc3)C2)cc1=O. The third-order valence-electron chi connectivity index (χ3n) is 3.97. The molecule has 114 valence electrons. The number of hydrogen-bond acceptors (Lipinski definition) is 3. The molecule has 2 heterocycles. The van der Waals surface area contributed by atoms with Crippen LogP contribution in [0.2, 0.25) is 0 Å². The molecule has 5 heteroatoms. The fourth-order valence-corrected chi connectivity index (χ4v) is 2.70. The molecular formula is C17H19N3O2. The minimum Gasteiger partial charge on any atom is -0.380 e. The molecule has 1 aromatic heterocycles. The summed E-state index contributed by atoms with van der Waals surface area (Å²) in [4.78, 5) is 25.9. The van der Waals surface area contributed by atoms with Gasteiger partial charge in [-0.1, -0.05) is 18.2 Å². The molecular weight excluding hydrogens is 278 g/mol. The second-order valence-electron chi connectivity index (χ2n) is 5.61. The number of anilines is 1. The van der Waals surface area contributed by atoms with Gasteiger partial charge in [0.2, 0.25) is 0 Å². The highest BCUT2D eigenvalue weighted by molar-refractivity contribution is 5.94. The average Bonchev–Trinajstić information content (AvgIpc) is 2.99. The summed E-state index contributed by atoms with van der Waals surface area (Å²) in [6, 6.07) is 13.3. The lowest BCUT2D eigenvalue weighted by atomic mass is 10.2. The molecule has 0 bridgehead atoms. The number of para-hydroxylation sites is 1. The number of carbonyl (C=O) groups excluding carboxylic acids is 1. The van der Waals surface area contributed by atoms with Crippen LogP contribution in [0.1, 0.15) is 16.8 Å². The van der Waals surface area contributed by atoms with E-state index in [1.807, 2.05) is 30.3 Å². The third kappa shape index (κ3) is 3.03. The highest BCUT2D eigenvalue weighted by Gasteiger charge is 2.27. The quantitative estimate of drug-likeness (QED) is 0.938. The van der Waals surface area contributed by atoms with Crippen molar-refractivity contribution < 1.29 is 4.79 Å². The fourth-order valence-electron chi connectivity index (χ4n) is 2.70. The molecule has 5 nitrogen and oxygen atoms in total. The van der Waals surface area contributed by atoms with Crippen molar-refractivity contribution in [1.82, 2.24) is 9.47 Å². The molecule has 0 saturated carbocycles. The van der Waals surface area contributed by atoms with Crippen molar-refractivity contribution in [3.63, 3.8) is 0 Å². The number of likely N-dealkylation sites (tertiary alicyclic amines) is 1. The Morgan fingerprint density at radius 2 is 2.00 bits per heavy atom. The Balaban J connectivity index is 1.65. The van der Waals surface area contributed by atoms with Gasteiger partial charge in [-0.15, -0.1) is 0 Å². The van der Waals surface area contributed by atoms with Crippen LogP contribution in [0.5, 0.6) is 0 Å². The van der Waals surface area contributed by atoms with Crippen LogP contribution >= 0.6 is 0 Å². The summed E-state index contributed by atoms with van der Waals surface area (Å²) in [7, 11) is 1.67. The fraction of sp³-hybridized carbons (Fsp3) is 0.294. The lowest BCUT2D eigenvalue weighted by Gasteiger charge is -2.18. The Labute approximate surface area is 129 Å². The minimum atomic E-state index is -0.163. The highest BCUT2D eigenvalue weighted by Crippen LogP contribution is 2.17. The van der Waals surface area contributed by atoms with Crippen LogP contribution in [0.3, 0.4) is 0 Å². The Morgan fingerprint density at radius 1 is 1.23 bits per heavy atom. The topological polar surface area (TPSA) is 54.3 Å². The number of nitrogens with one attached hydrogen (secondary N) is 1. The zero-order chi connectivity index (χ0) is 15.5. The first-order chi connectivity index (χ1) is 10.6. The number of rotatable bonds is 3. The van der Waals surface area contributed by atoms with E-state index in [9.17, 15) is 9.59 Å². The Morgan fingerprint density at radius 3 is 2.73 bits per heavy atom. The number of aromatic nitrogens is 1. The van der Waals surface area contributed by atoms with E-state index in [1.54, 1.807) is 24.2 Å². The summed E-state index contributed by atoms with van der Waals surface area (Å²) in [5.41, 5.74) is 1.36. The first kappa shape index (κ1) is 14.4. The molecule has 1 N–H and O–H groups in total. The van der Waals surface area contributed by atoms with Crippen molar-refractivity contribution in [3.8, 4) is 0 Å². The summed E-state index contributed by atoms with van der Waals surface area (Å²) < 4.78 is 1.46. The first-order valence-electron chi connectivity index (χ1n) is 7.41. The van der Waals surface area contributed by atoms with E-state index in [4.69, 9.17) is 0 Å². The number of amides is 1. The molecule has 0 unspecified atom stereocenters. The third-order valence-corrected chi connectivity index (χ3v) is 3.97. The predicted octanol–water partition coefficient (Wildman–Crippen LogP) is 1.71. The van der Waals surface area contributed by atoms with Gasteiger partial charge >= 0.3 is 0 Å². The van der Waals surface area contributed by atoms with Gasteiger partial charge in [-0.05, 0) is 24.6 Å². The van der Waals surface area contributed by atoms with E-state index in [-0.39, 0.29) is 17.5 Å². The summed E-state index contributed by atoms with van der Waals surface area (Å²) >= 11 is 0. The zero-order valence-corrected chi connectivity index (χ0v) is 12.5. The summed E-state index contributed by atoms with van der Waals surface area (Å²) in [6.07, 6.45) is 2.54. The van der Waals surface area contributed by atoms with Crippen molar-refractivity contribution in [2.75, 3.05) is 18.4 Å². The highest BCUT2D eigenvalue weighted by atomic mass is 16.2. The molecule has 1 aromatic carbocycles. The van der Waals surface area contributed by atoms with Crippen LogP contribution in [-0.2, 0) is 7.05 Å². The van der Waals surface area contributed by atoms with Gasteiger partial charge in [0, 0.05) is 49.7 Å². The zero-order valence-electron chi connectivity index (χ0n) is 12.5. The number of carbonyl (C=O) groups is 1.